The summed E-state index contributed by atoms with van der Waals surface area (Å²) in [6.45, 7) is 1.04. The number of esters is 1. The van der Waals surface area contributed by atoms with Crippen molar-refractivity contribution in [2.24, 2.45) is 5.18 Å². The van der Waals surface area contributed by atoms with Crippen molar-refractivity contribution < 1.29 is 23.1 Å². The number of hydrogen-bond donors (Lipinski definition) is 1. The van der Waals surface area contributed by atoms with Gasteiger partial charge in [0, 0.05) is 5.75 Å². The molecule has 98 valence electrons. The van der Waals surface area contributed by atoms with Gasteiger partial charge in [-0.05, 0) is 5.18 Å². The fourth-order valence-electron chi connectivity index (χ4n) is 0.745. The first-order valence-electron chi connectivity index (χ1n) is 4.57. The predicted octanol–water partition coefficient (Wildman–Crippen LogP) is 0.739. The number of ether oxygens (including phenoxy) is 1. The van der Waals surface area contributed by atoms with Crippen molar-refractivity contribution in [3.05, 3.63) is 16.4 Å². The van der Waals surface area contributed by atoms with Crippen molar-refractivity contribution in [3.8, 4) is 0 Å². The molecule has 0 rings (SSSR count). The van der Waals surface area contributed by atoms with Crippen LogP contribution in [0.1, 0.15) is 6.92 Å². The molecule has 0 bridgehead atoms. The maximum absolute atomic E-state index is 11.2. The minimum atomic E-state index is -3.26. The number of carbonyl (C=O) groups excluding carboxylic acids is 1. The largest absolute Gasteiger partial charge is 0.508 e. The molecule has 0 radical (unpaired) electrons. The summed E-state index contributed by atoms with van der Waals surface area (Å²) in [5.74, 6) is -2.83. The van der Waals surface area contributed by atoms with Crippen LogP contribution in [0.25, 0.3) is 0 Å². The molecule has 0 saturated carbocycles. The van der Waals surface area contributed by atoms with Gasteiger partial charge in [0.2, 0.25) is 5.70 Å². The van der Waals surface area contributed by atoms with Crippen molar-refractivity contribution in [3.63, 3.8) is 0 Å². The van der Waals surface area contributed by atoms with Crippen molar-refractivity contribution in [1.29, 1.82) is 0 Å². The highest BCUT2D eigenvalue weighted by atomic mass is 35.5. The van der Waals surface area contributed by atoms with Gasteiger partial charge in [-0.25, -0.2) is 13.2 Å². The van der Waals surface area contributed by atoms with E-state index in [9.17, 15) is 18.1 Å². The Kier molecular flexibility index (Phi) is 6.74. The van der Waals surface area contributed by atoms with E-state index in [1.165, 1.54) is 6.92 Å². The van der Waals surface area contributed by atoms with Gasteiger partial charge in [-0.3, -0.25) is 0 Å². The molecule has 0 aromatic carbocycles. The zero-order valence-corrected chi connectivity index (χ0v) is 10.6. The lowest BCUT2D eigenvalue weighted by Gasteiger charge is -2.04. The molecule has 7 nitrogen and oxygen atoms in total. The summed E-state index contributed by atoms with van der Waals surface area (Å²) in [6, 6.07) is 0. The molecule has 0 aromatic rings. The second-order valence-corrected chi connectivity index (χ2v) is 5.63. The number of alkyl halides is 1. The van der Waals surface area contributed by atoms with Gasteiger partial charge in [0.15, 0.2) is 9.84 Å². The Labute approximate surface area is 103 Å². The molecule has 0 aliphatic heterocycles. The molecule has 9 heteroatoms. The summed E-state index contributed by atoms with van der Waals surface area (Å²) in [6.07, 6.45) is 0. The number of aliphatic hydroxyl groups excluding tert-OH is 1. The normalized spacial score (nSPS) is 12.8. The second kappa shape index (κ2) is 7.23. The molecule has 0 aromatic heterocycles. The second-order valence-electron chi connectivity index (χ2n) is 2.89. The van der Waals surface area contributed by atoms with Gasteiger partial charge in [0.1, 0.15) is 12.4 Å². The molecular weight excluding hydrogens is 274 g/mol. The third-order valence-corrected chi connectivity index (χ3v) is 3.67. The maximum Gasteiger partial charge on any atom is 0.364 e. The highest BCUT2D eigenvalue weighted by molar-refractivity contribution is 7.91. The van der Waals surface area contributed by atoms with Crippen molar-refractivity contribution in [2.45, 2.75) is 6.92 Å². The van der Waals surface area contributed by atoms with Crippen LogP contribution in [0.4, 0.5) is 0 Å². The number of sulfone groups is 1. The third kappa shape index (κ3) is 5.64. The quantitative estimate of drug-likeness (QED) is 0.243. The molecule has 0 saturated heterocycles. The Morgan fingerprint density at radius 1 is 1.47 bits per heavy atom. The van der Waals surface area contributed by atoms with Gasteiger partial charge in [-0.15, -0.1) is 16.5 Å². The lowest BCUT2D eigenvalue weighted by molar-refractivity contribution is -0.138. The Morgan fingerprint density at radius 3 is 2.47 bits per heavy atom. The molecule has 0 atom stereocenters. The number of nitroso groups, excluding NO2 is 1. The number of allylic oxidation sites excluding steroid dienone is 1. The van der Waals surface area contributed by atoms with E-state index >= 15 is 0 Å². The van der Waals surface area contributed by atoms with E-state index in [0.717, 1.165) is 0 Å². The van der Waals surface area contributed by atoms with Crippen LogP contribution >= 0.6 is 11.6 Å². The average Bonchev–Trinajstić information content (AvgIpc) is 2.29. The molecule has 0 spiro atoms. The van der Waals surface area contributed by atoms with Gasteiger partial charge < -0.3 is 9.84 Å². The third-order valence-electron chi connectivity index (χ3n) is 1.75. The summed E-state index contributed by atoms with van der Waals surface area (Å²) in [7, 11) is -3.26. The van der Waals surface area contributed by atoms with Crippen molar-refractivity contribution in [2.75, 3.05) is 24.0 Å². The molecule has 0 amide bonds. The molecule has 1 N–H and O–H groups in total. The number of halogens is 1. The summed E-state index contributed by atoms with van der Waals surface area (Å²) < 4.78 is 26.6. The number of hydrogen-bond acceptors (Lipinski definition) is 7. The predicted molar refractivity (Wildman–Crippen MR) is 61.5 cm³/mol. The van der Waals surface area contributed by atoms with E-state index in [0.29, 0.717) is 0 Å². The minimum absolute atomic E-state index is 0.0773. The van der Waals surface area contributed by atoms with E-state index in [1.807, 2.05) is 0 Å². The number of aliphatic hydroxyl groups is 1. The topological polar surface area (TPSA) is 110 Å². The minimum Gasteiger partial charge on any atom is -0.508 e. The summed E-state index contributed by atoms with van der Waals surface area (Å²) >= 11 is 5.19. The molecule has 0 heterocycles. The van der Waals surface area contributed by atoms with Crippen LogP contribution in [0.3, 0.4) is 0 Å². The van der Waals surface area contributed by atoms with Gasteiger partial charge in [-0.1, -0.05) is 6.92 Å². The molecule has 0 aliphatic carbocycles. The standard InChI is InChI=1S/C8H12ClNO6S/c1-2-17(14,15)4-3-16-8(12)7(10-13)6(11)5-9/h11H,2-5H2,1H3. The summed E-state index contributed by atoms with van der Waals surface area (Å²) in [4.78, 5) is 21.4. The van der Waals surface area contributed by atoms with Crippen LogP contribution in [0, 0.1) is 4.91 Å². The smallest absolute Gasteiger partial charge is 0.364 e. The first-order chi connectivity index (χ1) is 7.87. The van der Waals surface area contributed by atoms with Gasteiger partial charge >= 0.3 is 5.97 Å². The summed E-state index contributed by atoms with van der Waals surface area (Å²) in [5.41, 5.74) is -0.853. The lowest BCUT2D eigenvalue weighted by Crippen LogP contribution is -2.18. The molecule has 17 heavy (non-hydrogen) atoms. The maximum atomic E-state index is 11.2. The number of carbonyl (C=O) groups is 1. The first kappa shape index (κ1) is 15.9. The highest BCUT2D eigenvalue weighted by Gasteiger charge is 2.18. The van der Waals surface area contributed by atoms with E-state index in [1.54, 1.807) is 0 Å². The van der Waals surface area contributed by atoms with Gasteiger partial charge in [-0.2, -0.15) is 0 Å². The van der Waals surface area contributed by atoms with E-state index in [-0.39, 0.29) is 11.5 Å². The van der Waals surface area contributed by atoms with Crippen LogP contribution < -0.4 is 0 Å². The fourth-order valence-corrected chi connectivity index (χ4v) is 1.50. The van der Waals surface area contributed by atoms with Crippen molar-refractivity contribution in [1.82, 2.24) is 0 Å². The van der Waals surface area contributed by atoms with Gasteiger partial charge in [0.25, 0.3) is 0 Å². The van der Waals surface area contributed by atoms with E-state index in [2.05, 4.69) is 9.91 Å². The van der Waals surface area contributed by atoms with E-state index in [4.69, 9.17) is 16.7 Å². The van der Waals surface area contributed by atoms with Crippen molar-refractivity contribution >= 4 is 27.4 Å². The Balaban J connectivity index is 4.43. The molecule has 0 fully saturated rings. The average molecular weight is 286 g/mol. The Bertz CT molecular complexity index is 416. The highest BCUT2D eigenvalue weighted by Crippen LogP contribution is 2.07. The zero-order valence-electron chi connectivity index (χ0n) is 9.05. The zero-order chi connectivity index (χ0) is 13.5. The molecular formula is C8H12ClNO6S. The van der Waals surface area contributed by atoms with Crippen LogP contribution in [0.15, 0.2) is 16.6 Å². The SMILES string of the molecule is CCS(=O)(=O)CCOC(=O)C(N=O)=C(O)CCl. The fraction of sp³-hybridized carbons (Fsp3) is 0.625. The first-order valence-corrected chi connectivity index (χ1v) is 6.92. The lowest BCUT2D eigenvalue weighted by atomic mass is 10.4. The molecule has 0 aliphatic rings. The Hall–Kier alpha value is -1.15. The number of rotatable bonds is 7. The van der Waals surface area contributed by atoms with Gasteiger partial charge in [0.05, 0.1) is 11.6 Å². The van der Waals surface area contributed by atoms with Crippen LogP contribution in [-0.2, 0) is 19.4 Å². The monoisotopic (exact) mass is 285 g/mol. The van der Waals surface area contributed by atoms with Crippen LogP contribution in [0.2, 0.25) is 0 Å². The van der Waals surface area contributed by atoms with Crippen LogP contribution in [-0.4, -0.2) is 43.5 Å². The summed E-state index contributed by atoms with van der Waals surface area (Å²) in [5, 5.41) is 11.3. The van der Waals surface area contributed by atoms with E-state index < -0.39 is 39.7 Å². The molecule has 0 unspecified atom stereocenters. The Morgan fingerprint density at radius 2 is 2.06 bits per heavy atom. The van der Waals surface area contributed by atoms with Crippen LogP contribution in [0.5, 0.6) is 0 Å². The number of nitrogens with zero attached hydrogens (tertiary/aromatic N) is 1.